The number of fused-ring (bicyclic) bond motifs is 2. The van der Waals surface area contributed by atoms with Crippen LogP contribution in [0.4, 0.5) is 8.78 Å². The first-order valence-electron chi connectivity index (χ1n) is 14.2. The minimum atomic E-state index is -0.265. The zero-order valence-corrected chi connectivity index (χ0v) is 22.4. The zero-order valence-electron chi connectivity index (χ0n) is 22.4. The summed E-state index contributed by atoms with van der Waals surface area (Å²) in [6.07, 6.45) is 7.09. The van der Waals surface area contributed by atoms with Gasteiger partial charge >= 0.3 is 5.97 Å². The number of carbonyl (C=O) groups excluding carboxylic acids is 1. The van der Waals surface area contributed by atoms with Crippen LogP contribution in [0, 0.1) is 34.8 Å². The minimum absolute atomic E-state index is 0.00849. The normalized spacial score (nSPS) is 32.0. The highest BCUT2D eigenvalue weighted by molar-refractivity contribution is 5.76. The Kier molecular flexibility index (Phi) is 6.89. The Morgan fingerprint density at radius 1 is 0.974 bits per heavy atom. The lowest BCUT2D eigenvalue weighted by Gasteiger charge is -2.46. The molecule has 2 aliphatic carbocycles. The SMILES string of the molecule is C[C@H]1CCC[C@]2(C)C[C@H]3OC(=O)[C@@H](CN4CCN(C(c5ccc(F)cc5)c5ccc(F)cc5)CC4)[C@H]3C=C12. The second kappa shape index (κ2) is 10.2. The number of halogens is 2. The Bertz CT molecular complexity index is 1140. The van der Waals surface area contributed by atoms with Crippen molar-refractivity contribution in [3.8, 4) is 0 Å². The number of nitrogens with zero attached hydrogens (tertiary/aromatic N) is 2. The van der Waals surface area contributed by atoms with Gasteiger partial charge in [-0.2, -0.15) is 0 Å². The molecule has 0 N–H and O–H groups in total. The highest BCUT2D eigenvalue weighted by atomic mass is 19.1. The average Bonchev–Trinajstić information content (AvgIpc) is 3.19. The van der Waals surface area contributed by atoms with Crippen molar-refractivity contribution < 1.29 is 18.3 Å². The number of benzene rings is 2. The average molecular weight is 521 g/mol. The van der Waals surface area contributed by atoms with Gasteiger partial charge in [-0.25, -0.2) is 8.78 Å². The van der Waals surface area contributed by atoms with Crippen molar-refractivity contribution >= 4 is 5.97 Å². The predicted molar refractivity (Wildman–Crippen MR) is 143 cm³/mol. The van der Waals surface area contributed by atoms with Crippen LogP contribution >= 0.6 is 0 Å². The van der Waals surface area contributed by atoms with Crippen LogP contribution in [0.1, 0.15) is 56.7 Å². The van der Waals surface area contributed by atoms with Gasteiger partial charge in [0, 0.05) is 38.6 Å². The third-order valence-electron chi connectivity index (χ3n) is 9.68. The standard InChI is InChI=1S/C32H38F2N2O2/c1-21-4-3-13-32(2)19-29-26(18-28(21)32)27(31(37)38-29)20-35-14-16-36(17-15-35)30(22-5-9-24(33)10-6-22)23-7-11-25(34)12-8-23/h5-12,18,21,26-27,29-30H,3-4,13-17,19-20H2,1-2H3/t21-,26+,27-,29+,32+/m0/s1. The highest BCUT2D eigenvalue weighted by Crippen LogP contribution is 2.54. The number of allylic oxidation sites excluding steroid dienone is 1. The first-order valence-corrected chi connectivity index (χ1v) is 14.2. The molecule has 4 nitrogen and oxygen atoms in total. The maximum atomic E-state index is 13.7. The van der Waals surface area contributed by atoms with Crippen LogP contribution in [0.5, 0.6) is 0 Å². The van der Waals surface area contributed by atoms with E-state index in [1.807, 2.05) is 24.3 Å². The van der Waals surface area contributed by atoms with E-state index in [2.05, 4.69) is 29.7 Å². The van der Waals surface area contributed by atoms with Crippen LogP contribution in [0.25, 0.3) is 0 Å². The predicted octanol–water partition coefficient (Wildman–Crippen LogP) is 5.99. The molecule has 0 spiro atoms. The number of ether oxygens (including phenoxy) is 1. The van der Waals surface area contributed by atoms with Crippen molar-refractivity contribution in [2.45, 2.75) is 51.7 Å². The van der Waals surface area contributed by atoms with E-state index in [-0.39, 0.29) is 47.0 Å². The molecule has 2 aromatic carbocycles. The minimum Gasteiger partial charge on any atom is -0.461 e. The van der Waals surface area contributed by atoms with E-state index in [0.717, 1.165) is 50.3 Å². The van der Waals surface area contributed by atoms with Gasteiger partial charge in [-0.3, -0.25) is 14.6 Å². The summed E-state index contributed by atoms with van der Waals surface area (Å²) < 4.78 is 33.3. The molecule has 6 rings (SSSR count). The molecule has 6 heteroatoms. The van der Waals surface area contributed by atoms with Crippen LogP contribution in [0.2, 0.25) is 0 Å². The molecule has 2 aromatic rings. The summed E-state index contributed by atoms with van der Waals surface area (Å²) in [4.78, 5) is 17.8. The lowest BCUT2D eigenvalue weighted by atomic mass is 9.59. The van der Waals surface area contributed by atoms with Gasteiger partial charge in [0.05, 0.1) is 12.0 Å². The lowest BCUT2D eigenvalue weighted by Crippen LogP contribution is -2.50. The van der Waals surface area contributed by atoms with Gasteiger partial charge in [0.2, 0.25) is 0 Å². The van der Waals surface area contributed by atoms with Crippen molar-refractivity contribution in [2.75, 3.05) is 32.7 Å². The van der Waals surface area contributed by atoms with E-state index in [9.17, 15) is 13.6 Å². The number of hydrogen-bond donors (Lipinski definition) is 0. The summed E-state index contributed by atoms with van der Waals surface area (Å²) in [5, 5.41) is 0. The van der Waals surface area contributed by atoms with Gasteiger partial charge in [0.1, 0.15) is 17.7 Å². The molecule has 4 aliphatic rings. The van der Waals surface area contributed by atoms with E-state index < -0.39 is 0 Å². The number of hydrogen-bond acceptors (Lipinski definition) is 4. The quantitative estimate of drug-likeness (QED) is 0.358. The third-order valence-corrected chi connectivity index (χ3v) is 9.68. The Balaban J connectivity index is 1.16. The molecule has 5 atom stereocenters. The van der Waals surface area contributed by atoms with Gasteiger partial charge in [0.25, 0.3) is 0 Å². The van der Waals surface area contributed by atoms with E-state index in [1.54, 1.807) is 5.57 Å². The van der Waals surface area contributed by atoms with Gasteiger partial charge in [0.15, 0.2) is 0 Å². The molecule has 3 fully saturated rings. The van der Waals surface area contributed by atoms with Gasteiger partial charge in [-0.15, -0.1) is 0 Å². The Morgan fingerprint density at radius 3 is 2.18 bits per heavy atom. The molecular weight excluding hydrogens is 482 g/mol. The molecule has 2 heterocycles. The van der Waals surface area contributed by atoms with Gasteiger partial charge in [-0.1, -0.05) is 56.2 Å². The van der Waals surface area contributed by atoms with Crippen molar-refractivity contribution in [1.82, 2.24) is 9.80 Å². The number of esters is 1. The summed E-state index contributed by atoms with van der Waals surface area (Å²) in [6.45, 7) is 8.73. The molecule has 202 valence electrons. The zero-order chi connectivity index (χ0) is 26.4. The van der Waals surface area contributed by atoms with Gasteiger partial charge in [-0.05, 0) is 66.0 Å². The largest absolute Gasteiger partial charge is 0.461 e. The summed E-state index contributed by atoms with van der Waals surface area (Å²) in [5.41, 5.74) is 3.72. The Labute approximate surface area is 224 Å². The van der Waals surface area contributed by atoms with Crippen molar-refractivity contribution in [3.63, 3.8) is 0 Å². The highest BCUT2D eigenvalue weighted by Gasteiger charge is 2.52. The van der Waals surface area contributed by atoms with Crippen LogP contribution in [-0.2, 0) is 9.53 Å². The van der Waals surface area contributed by atoms with Crippen molar-refractivity contribution in [2.24, 2.45) is 23.2 Å². The molecule has 0 radical (unpaired) electrons. The second-order valence-electron chi connectivity index (χ2n) is 12.2. The maximum absolute atomic E-state index is 13.7. The van der Waals surface area contributed by atoms with Crippen LogP contribution < -0.4 is 0 Å². The molecule has 2 saturated heterocycles. The summed E-state index contributed by atoms with van der Waals surface area (Å²) in [5.74, 6) is 0.0878. The van der Waals surface area contributed by atoms with E-state index in [1.165, 1.54) is 43.5 Å². The van der Waals surface area contributed by atoms with Crippen molar-refractivity contribution in [1.29, 1.82) is 0 Å². The van der Waals surface area contributed by atoms with E-state index in [0.29, 0.717) is 5.92 Å². The van der Waals surface area contributed by atoms with Crippen LogP contribution in [-0.4, -0.2) is 54.6 Å². The van der Waals surface area contributed by atoms with E-state index in [4.69, 9.17) is 4.74 Å². The summed E-state index contributed by atoms with van der Waals surface area (Å²) >= 11 is 0. The molecule has 0 amide bonds. The second-order valence-corrected chi connectivity index (χ2v) is 12.2. The molecular formula is C32H38F2N2O2. The fourth-order valence-corrected chi connectivity index (χ4v) is 7.65. The first-order chi connectivity index (χ1) is 18.3. The van der Waals surface area contributed by atoms with Crippen molar-refractivity contribution in [3.05, 3.63) is 82.9 Å². The fraction of sp³-hybridized carbons (Fsp3) is 0.531. The first kappa shape index (κ1) is 25.7. The smallest absolute Gasteiger partial charge is 0.311 e. The van der Waals surface area contributed by atoms with Crippen LogP contribution in [0.3, 0.4) is 0 Å². The Hall–Kier alpha value is -2.57. The van der Waals surface area contributed by atoms with E-state index >= 15 is 0 Å². The number of rotatable bonds is 5. The topological polar surface area (TPSA) is 32.8 Å². The monoisotopic (exact) mass is 520 g/mol. The summed E-state index contributed by atoms with van der Waals surface area (Å²) in [7, 11) is 0. The molecule has 1 saturated carbocycles. The Morgan fingerprint density at radius 2 is 1.58 bits per heavy atom. The van der Waals surface area contributed by atoms with Gasteiger partial charge < -0.3 is 4.74 Å². The molecule has 0 bridgehead atoms. The fourth-order valence-electron chi connectivity index (χ4n) is 7.65. The maximum Gasteiger partial charge on any atom is 0.311 e. The number of carbonyl (C=O) groups is 1. The molecule has 2 aliphatic heterocycles. The lowest BCUT2D eigenvalue weighted by molar-refractivity contribution is -0.145. The molecule has 0 unspecified atom stereocenters. The van der Waals surface area contributed by atoms with Crippen LogP contribution in [0.15, 0.2) is 60.2 Å². The number of piperazine rings is 1. The molecule has 38 heavy (non-hydrogen) atoms. The third kappa shape index (κ3) is 4.82. The molecule has 0 aromatic heterocycles. The summed E-state index contributed by atoms with van der Waals surface area (Å²) in [6, 6.07) is 13.2.